The van der Waals surface area contributed by atoms with Crippen LogP contribution in [0.15, 0.2) is 54.6 Å². The van der Waals surface area contributed by atoms with Crippen LogP contribution in [0.1, 0.15) is 38.3 Å². The fourth-order valence-electron chi connectivity index (χ4n) is 2.99. The minimum Gasteiger partial charge on any atom is -0.352 e. The van der Waals surface area contributed by atoms with E-state index in [1.165, 1.54) is 6.07 Å². The fraction of sp³-hybridized carbons (Fsp3) is 0.364. The molecule has 0 spiro atoms. The van der Waals surface area contributed by atoms with Crippen LogP contribution in [0, 0.1) is 5.82 Å². The van der Waals surface area contributed by atoms with E-state index in [-0.39, 0.29) is 24.3 Å². The number of hydrogen-bond donors (Lipinski definition) is 1. The second-order valence-corrected chi connectivity index (χ2v) is 6.86. The van der Waals surface area contributed by atoms with Gasteiger partial charge in [0.15, 0.2) is 0 Å². The first kappa shape index (κ1) is 20.6. The topological polar surface area (TPSA) is 49.4 Å². The van der Waals surface area contributed by atoms with Crippen molar-refractivity contribution in [1.82, 2.24) is 10.2 Å². The summed E-state index contributed by atoms with van der Waals surface area (Å²) in [6, 6.07) is 15.1. The zero-order chi connectivity index (χ0) is 19.8. The molecule has 0 aliphatic rings. The zero-order valence-corrected chi connectivity index (χ0v) is 16.1. The van der Waals surface area contributed by atoms with Crippen LogP contribution in [0.5, 0.6) is 0 Å². The molecular formula is C22H27FN2O2. The lowest BCUT2D eigenvalue weighted by Crippen LogP contribution is -2.50. The summed E-state index contributed by atoms with van der Waals surface area (Å²) in [5.41, 5.74) is 1.26. The Balaban J connectivity index is 2.28. The van der Waals surface area contributed by atoms with Gasteiger partial charge in [-0.15, -0.1) is 0 Å². The zero-order valence-electron chi connectivity index (χ0n) is 16.1. The van der Waals surface area contributed by atoms with Gasteiger partial charge in [0, 0.05) is 12.6 Å². The first-order valence-corrected chi connectivity index (χ1v) is 9.29. The molecule has 0 fully saturated rings. The SMILES string of the molecule is CCC(C(=O)NC(C)C)N(Cc1ccccc1)C(=O)Cc1ccccc1F. The molecule has 0 aromatic heterocycles. The van der Waals surface area contributed by atoms with Crippen molar-refractivity contribution < 1.29 is 14.0 Å². The van der Waals surface area contributed by atoms with Crippen LogP contribution in [0.4, 0.5) is 4.39 Å². The van der Waals surface area contributed by atoms with Gasteiger partial charge in [-0.1, -0.05) is 55.5 Å². The molecule has 1 unspecified atom stereocenters. The molecule has 1 atom stereocenters. The number of hydrogen-bond acceptors (Lipinski definition) is 2. The highest BCUT2D eigenvalue weighted by Crippen LogP contribution is 2.16. The number of amides is 2. The Morgan fingerprint density at radius 2 is 1.67 bits per heavy atom. The number of nitrogens with one attached hydrogen (secondary N) is 1. The number of nitrogens with zero attached hydrogens (tertiary/aromatic N) is 1. The second-order valence-electron chi connectivity index (χ2n) is 6.86. The summed E-state index contributed by atoms with van der Waals surface area (Å²) < 4.78 is 14.0. The van der Waals surface area contributed by atoms with Crippen molar-refractivity contribution in [3.8, 4) is 0 Å². The van der Waals surface area contributed by atoms with Crippen molar-refractivity contribution in [3.05, 3.63) is 71.5 Å². The number of carbonyl (C=O) groups is 2. The highest BCUT2D eigenvalue weighted by atomic mass is 19.1. The van der Waals surface area contributed by atoms with Gasteiger partial charge >= 0.3 is 0 Å². The molecule has 2 rings (SSSR count). The summed E-state index contributed by atoms with van der Waals surface area (Å²) in [6.45, 7) is 5.94. The van der Waals surface area contributed by atoms with Gasteiger partial charge in [-0.3, -0.25) is 9.59 Å². The normalized spacial score (nSPS) is 11.9. The maximum Gasteiger partial charge on any atom is 0.243 e. The van der Waals surface area contributed by atoms with Crippen LogP contribution in [0.25, 0.3) is 0 Å². The maximum absolute atomic E-state index is 14.0. The second kappa shape index (κ2) is 9.86. The third-order valence-corrected chi connectivity index (χ3v) is 4.31. The van der Waals surface area contributed by atoms with E-state index in [2.05, 4.69) is 5.32 Å². The first-order chi connectivity index (χ1) is 12.9. The summed E-state index contributed by atoms with van der Waals surface area (Å²) in [4.78, 5) is 27.3. The van der Waals surface area contributed by atoms with Crippen LogP contribution in [0.3, 0.4) is 0 Å². The van der Waals surface area contributed by atoms with Crippen molar-refractivity contribution in [2.45, 2.75) is 52.2 Å². The van der Waals surface area contributed by atoms with Gasteiger partial charge in [0.1, 0.15) is 11.9 Å². The van der Waals surface area contributed by atoms with Gasteiger partial charge in [0.25, 0.3) is 0 Å². The number of benzene rings is 2. The summed E-state index contributed by atoms with van der Waals surface area (Å²) in [6.07, 6.45) is 0.402. The molecule has 5 heteroatoms. The third-order valence-electron chi connectivity index (χ3n) is 4.31. The van der Waals surface area contributed by atoms with Gasteiger partial charge in [-0.05, 0) is 37.5 Å². The predicted molar refractivity (Wildman–Crippen MR) is 104 cm³/mol. The Morgan fingerprint density at radius 1 is 1.04 bits per heavy atom. The molecule has 144 valence electrons. The van der Waals surface area contributed by atoms with Crippen LogP contribution >= 0.6 is 0 Å². The number of rotatable bonds is 8. The van der Waals surface area contributed by atoms with Gasteiger partial charge in [0.05, 0.1) is 6.42 Å². The molecule has 2 aromatic rings. The Bertz CT molecular complexity index is 762. The van der Waals surface area contributed by atoms with Crippen LogP contribution in [-0.2, 0) is 22.6 Å². The molecule has 1 N–H and O–H groups in total. The fourth-order valence-corrected chi connectivity index (χ4v) is 2.99. The van der Waals surface area contributed by atoms with Crippen LogP contribution in [0.2, 0.25) is 0 Å². The summed E-state index contributed by atoms with van der Waals surface area (Å²) in [7, 11) is 0. The Kier molecular flexibility index (Phi) is 7.53. The Labute approximate surface area is 160 Å². The standard InChI is InChI=1S/C22H27FN2O2/c1-4-20(22(27)24-16(2)3)25(15-17-10-6-5-7-11-17)21(26)14-18-12-8-9-13-19(18)23/h5-13,16,20H,4,14-15H2,1-3H3,(H,24,27). The molecule has 4 nitrogen and oxygen atoms in total. The average molecular weight is 370 g/mol. The molecule has 0 aliphatic heterocycles. The molecule has 0 saturated heterocycles. The lowest BCUT2D eigenvalue weighted by Gasteiger charge is -2.31. The van der Waals surface area contributed by atoms with E-state index in [0.29, 0.717) is 18.5 Å². The minimum absolute atomic E-state index is 0.0215. The summed E-state index contributed by atoms with van der Waals surface area (Å²) in [5.74, 6) is -0.870. The van der Waals surface area contributed by atoms with Gasteiger partial charge < -0.3 is 10.2 Å². The highest BCUT2D eigenvalue weighted by Gasteiger charge is 2.29. The van der Waals surface area contributed by atoms with Gasteiger partial charge in [0.2, 0.25) is 11.8 Å². The van der Waals surface area contributed by atoms with Crippen molar-refractivity contribution >= 4 is 11.8 Å². The molecule has 27 heavy (non-hydrogen) atoms. The van der Waals surface area contributed by atoms with E-state index >= 15 is 0 Å². The average Bonchev–Trinajstić information content (AvgIpc) is 2.63. The van der Waals surface area contributed by atoms with Crippen molar-refractivity contribution in [1.29, 1.82) is 0 Å². The molecular weight excluding hydrogens is 343 g/mol. The smallest absolute Gasteiger partial charge is 0.243 e. The van der Waals surface area contributed by atoms with Gasteiger partial charge in [-0.25, -0.2) is 4.39 Å². The Hall–Kier alpha value is -2.69. The number of carbonyl (C=O) groups excluding carboxylic acids is 2. The van der Waals surface area contributed by atoms with E-state index in [9.17, 15) is 14.0 Å². The molecule has 0 radical (unpaired) electrons. The monoisotopic (exact) mass is 370 g/mol. The quantitative estimate of drug-likeness (QED) is 0.770. The van der Waals surface area contributed by atoms with Gasteiger partial charge in [-0.2, -0.15) is 0 Å². The molecule has 0 aliphatic carbocycles. The summed E-state index contributed by atoms with van der Waals surface area (Å²) in [5, 5.41) is 2.88. The lowest BCUT2D eigenvalue weighted by atomic mass is 10.1. The predicted octanol–water partition coefficient (Wildman–Crippen LogP) is 3.70. The van der Waals surface area contributed by atoms with E-state index in [0.717, 1.165) is 5.56 Å². The third kappa shape index (κ3) is 5.91. The van der Waals surface area contributed by atoms with E-state index < -0.39 is 11.9 Å². The highest BCUT2D eigenvalue weighted by molar-refractivity contribution is 5.88. The van der Waals surface area contributed by atoms with Crippen molar-refractivity contribution in [2.24, 2.45) is 0 Å². The largest absolute Gasteiger partial charge is 0.352 e. The van der Waals surface area contributed by atoms with E-state index in [4.69, 9.17) is 0 Å². The Morgan fingerprint density at radius 3 is 2.26 bits per heavy atom. The van der Waals surface area contributed by atoms with E-state index in [1.54, 1.807) is 23.1 Å². The minimum atomic E-state index is -0.605. The van der Waals surface area contributed by atoms with E-state index in [1.807, 2.05) is 51.1 Å². The first-order valence-electron chi connectivity index (χ1n) is 9.29. The van der Waals surface area contributed by atoms with Crippen LogP contribution in [-0.4, -0.2) is 28.8 Å². The molecule has 0 saturated carbocycles. The van der Waals surface area contributed by atoms with Crippen molar-refractivity contribution in [2.75, 3.05) is 0 Å². The maximum atomic E-state index is 14.0. The summed E-state index contributed by atoms with van der Waals surface area (Å²) >= 11 is 0. The van der Waals surface area contributed by atoms with Crippen LogP contribution < -0.4 is 5.32 Å². The van der Waals surface area contributed by atoms with Crippen molar-refractivity contribution in [3.63, 3.8) is 0 Å². The molecule has 0 heterocycles. The lowest BCUT2D eigenvalue weighted by molar-refractivity contribution is -0.141. The molecule has 2 amide bonds. The molecule has 2 aromatic carbocycles. The molecule has 0 bridgehead atoms. The number of halogens is 1.